The van der Waals surface area contributed by atoms with Crippen LogP contribution in [0.1, 0.15) is 11.1 Å². The second-order valence-corrected chi connectivity index (χ2v) is 7.44. The zero-order chi connectivity index (χ0) is 19.9. The molecule has 6 heteroatoms. The van der Waals surface area contributed by atoms with Crippen LogP contribution in [0, 0.1) is 0 Å². The summed E-state index contributed by atoms with van der Waals surface area (Å²) < 4.78 is 5.42. The number of hydrogen-bond donors (Lipinski definition) is 1. The molecule has 0 amide bonds. The molecule has 144 valence electrons. The largest absolute Gasteiger partial charge is 0.495 e. The van der Waals surface area contributed by atoms with E-state index in [-0.39, 0.29) is 0 Å². The van der Waals surface area contributed by atoms with Crippen LogP contribution in [0.5, 0.6) is 5.75 Å². The lowest BCUT2D eigenvalue weighted by Crippen LogP contribution is -2.34. The van der Waals surface area contributed by atoms with Gasteiger partial charge in [-0.2, -0.15) is 0 Å². The van der Waals surface area contributed by atoms with Crippen LogP contribution in [-0.2, 0) is 13.1 Å². The fraction of sp³-hybridized carbons (Fsp3) is 0.136. The molecule has 1 N–H and O–H groups in total. The maximum absolute atomic E-state index is 6.39. The van der Waals surface area contributed by atoms with Gasteiger partial charge in [-0.05, 0) is 47.6 Å². The van der Waals surface area contributed by atoms with E-state index in [4.69, 9.17) is 40.2 Å². The molecule has 0 saturated carbocycles. The lowest BCUT2D eigenvalue weighted by molar-refractivity contribution is 0.409. The molecule has 3 aromatic rings. The third kappa shape index (κ3) is 5.38. The van der Waals surface area contributed by atoms with Crippen LogP contribution in [0.2, 0.25) is 10.0 Å². The molecule has 0 spiro atoms. The highest BCUT2D eigenvalue weighted by molar-refractivity contribution is 7.80. The van der Waals surface area contributed by atoms with Crippen molar-refractivity contribution in [2.45, 2.75) is 13.1 Å². The summed E-state index contributed by atoms with van der Waals surface area (Å²) in [5, 5.41) is 5.10. The molecule has 3 aromatic carbocycles. The third-order valence-corrected chi connectivity index (χ3v) is 5.18. The van der Waals surface area contributed by atoms with Gasteiger partial charge in [0.2, 0.25) is 0 Å². The fourth-order valence-corrected chi connectivity index (χ4v) is 3.51. The Morgan fingerprint density at radius 2 is 1.68 bits per heavy atom. The second-order valence-electron chi connectivity index (χ2n) is 6.21. The predicted molar refractivity (Wildman–Crippen MR) is 121 cm³/mol. The predicted octanol–water partition coefficient (Wildman–Crippen LogP) is 6.40. The minimum absolute atomic E-state index is 0.547. The second kappa shape index (κ2) is 9.78. The minimum atomic E-state index is 0.547. The fourth-order valence-electron chi connectivity index (χ4n) is 2.80. The summed E-state index contributed by atoms with van der Waals surface area (Å²) in [6, 6.07) is 23.3. The van der Waals surface area contributed by atoms with Crippen LogP contribution in [0.25, 0.3) is 0 Å². The van der Waals surface area contributed by atoms with E-state index in [2.05, 4.69) is 22.3 Å². The lowest BCUT2D eigenvalue weighted by atomic mass is 10.1. The Morgan fingerprint density at radius 3 is 2.39 bits per heavy atom. The number of halogens is 2. The number of rotatable bonds is 6. The Labute approximate surface area is 180 Å². The molecule has 0 atom stereocenters. The van der Waals surface area contributed by atoms with E-state index in [1.807, 2.05) is 54.6 Å². The first-order valence-electron chi connectivity index (χ1n) is 8.73. The molecule has 3 nitrogen and oxygen atoms in total. The molecule has 0 heterocycles. The number of nitrogens with zero attached hydrogens (tertiary/aromatic N) is 1. The summed E-state index contributed by atoms with van der Waals surface area (Å²) in [5.74, 6) is 0.731. The molecule has 0 aliphatic heterocycles. The van der Waals surface area contributed by atoms with Crippen molar-refractivity contribution in [3.63, 3.8) is 0 Å². The molecule has 0 bridgehead atoms. The number of thiocarbonyl (C=S) groups is 1. The van der Waals surface area contributed by atoms with Crippen molar-refractivity contribution in [3.05, 3.63) is 94.0 Å². The Hall–Kier alpha value is -2.27. The van der Waals surface area contributed by atoms with Crippen LogP contribution in [0.4, 0.5) is 5.69 Å². The standard InChI is InChI=1S/C22H20Cl2N2OS/c1-27-21-10-6-5-9-20(21)25-22(28)26(14-16-7-3-2-4-8-16)15-17-11-12-18(23)13-19(17)24/h2-13H,14-15H2,1H3,(H,25,28). The minimum Gasteiger partial charge on any atom is -0.495 e. The number of nitrogens with one attached hydrogen (secondary N) is 1. The van der Waals surface area contributed by atoms with E-state index in [9.17, 15) is 0 Å². The van der Waals surface area contributed by atoms with Gasteiger partial charge in [0.25, 0.3) is 0 Å². The van der Waals surface area contributed by atoms with Gasteiger partial charge in [-0.15, -0.1) is 0 Å². The van der Waals surface area contributed by atoms with E-state index < -0.39 is 0 Å². The first-order valence-corrected chi connectivity index (χ1v) is 9.90. The van der Waals surface area contributed by atoms with Crippen molar-refractivity contribution < 1.29 is 4.74 Å². The molecular weight excluding hydrogens is 411 g/mol. The van der Waals surface area contributed by atoms with Crippen molar-refractivity contribution in [1.82, 2.24) is 4.90 Å². The number of ether oxygens (including phenoxy) is 1. The highest BCUT2D eigenvalue weighted by Crippen LogP contribution is 2.26. The normalized spacial score (nSPS) is 10.4. The molecule has 0 saturated heterocycles. The molecule has 0 radical (unpaired) electrons. The van der Waals surface area contributed by atoms with E-state index >= 15 is 0 Å². The van der Waals surface area contributed by atoms with Crippen LogP contribution in [0.3, 0.4) is 0 Å². The van der Waals surface area contributed by atoms with Gasteiger partial charge >= 0.3 is 0 Å². The van der Waals surface area contributed by atoms with Crippen molar-refractivity contribution >= 4 is 46.2 Å². The number of para-hydroxylation sites is 2. The van der Waals surface area contributed by atoms with Crippen molar-refractivity contribution in [2.24, 2.45) is 0 Å². The summed E-state index contributed by atoms with van der Waals surface area (Å²) in [5.41, 5.74) is 2.92. The highest BCUT2D eigenvalue weighted by atomic mass is 35.5. The smallest absolute Gasteiger partial charge is 0.174 e. The van der Waals surface area contributed by atoms with Gasteiger partial charge in [0.05, 0.1) is 12.8 Å². The molecule has 0 aliphatic rings. The quantitative estimate of drug-likeness (QED) is 0.457. The van der Waals surface area contributed by atoms with Crippen molar-refractivity contribution in [3.8, 4) is 5.75 Å². The Bertz CT molecular complexity index is 950. The molecule has 28 heavy (non-hydrogen) atoms. The molecule has 3 rings (SSSR count). The Balaban J connectivity index is 1.85. The van der Waals surface area contributed by atoms with Gasteiger partial charge in [-0.3, -0.25) is 0 Å². The van der Waals surface area contributed by atoms with E-state index in [1.54, 1.807) is 13.2 Å². The number of methoxy groups -OCH3 is 1. The zero-order valence-corrected chi connectivity index (χ0v) is 17.7. The number of anilines is 1. The average Bonchev–Trinajstić information content (AvgIpc) is 2.70. The van der Waals surface area contributed by atoms with Gasteiger partial charge in [-0.1, -0.05) is 71.7 Å². The lowest BCUT2D eigenvalue weighted by Gasteiger charge is -2.27. The average molecular weight is 431 g/mol. The topological polar surface area (TPSA) is 24.5 Å². The maximum Gasteiger partial charge on any atom is 0.174 e. The van der Waals surface area contributed by atoms with Gasteiger partial charge in [-0.25, -0.2) is 0 Å². The Kier molecular flexibility index (Phi) is 7.15. The summed E-state index contributed by atoms with van der Waals surface area (Å²) in [6.07, 6.45) is 0. The first-order chi connectivity index (χ1) is 13.6. The van der Waals surface area contributed by atoms with E-state index in [0.29, 0.717) is 28.2 Å². The zero-order valence-electron chi connectivity index (χ0n) is 15.4. The van der Waals surface area contributed by atoms with Gasteiger partial charge in [0, 0.05) is 23.1 Å². The van der Waals surface area contributed by atoms with E-state index in [0.717, 1.165) is 22.6 Å². The monoisotopic (exact) mass is 430 g/mol. The summed E-state index contributed by atoms with van der Waals surface area (Å²) in [6.45, 7) is 1.19. The molecule has 0 aromatic heterocycles. The highest BCUT2D eigenvalue weighted by Gasteiger charge is 2.15. The Morgan fingerprint density at radius 1 is 0.964 bits per heavy atom. The molecule has 0 fully saturated rings. The van der Waals surface area contributed by atoms with Crippen LogP contribution in [-0.4, -0.2) is 17.1 Å². The van der Waals surface area contributed by atoms with Crippen molar-refractivity contribution in [1.29, 1.82) is 0 Å². The molecule has 0 unspecified atom stereocenters. The first kappa shape index (κ1) is 20.5. The van der Waals surface area contributed by atoms with Gasteiger partial charge in [0.15, 0.2) is 5.11 Å². The third-order valence-electron chi connectivity index (χ3n) is 4.23. The van der Waals surface area contributed by atoms with Gasteiger partial charge in [0.1, 0.15) is 5.75 Å². The van der Waals surface area contributed by atoms with E-state index in [1.165, 1.54) is 0 Å². The molecular formula is C22H20Cl2N2OS. The number of benzene rings is 3. The summed E-state index contributed by atoms with van der Waals surface area (Å²) >= 11 is 18.2. The summed E-state index contributed by atoms with van der Waals surface area (Å²) in [7, 11) is 1.64. The number of hydrogen-bond acceptors (Lipinski definition) is 2. The summed E-state index contributed by atoms with van der Waals surface area (Å²) in [4.78, 5) is 2.06. The van der Waals surface area contributed by atoms with Gasteiger partial charge < -0.3 is 15.0 Å². The van der Waals surface area contributed by atoms with Crippen LogP contribution >= 0.6 is 35.4 Å². The maximum atomic E-state index is 6.39. The van der Waals surface area contributed by atoms with Crippen LogP contribution < -0.4 is 10.1 Å². The molecule has 0 aliphatic carbocycles. The van der Waals surface area contributed by atoms with Crippen molar-refractivity contribution in [2.75, 3.05) is 12.4 Å². The SMILES string of the molecule is COc1ccccc1NC(=S)N(Cc1ccccc1)Cc1ccc(Cl)cc1Cl. The van der Waals surface area contributed by atoms with Crippen LogP contribution in [0.15, 0.2) is 72.8 Å².